The Labute approximate surface area is 108 Å². The maximum absolute atomic E-state index is 12.1. The topological polar surface area (TPSA) is 54.0 Å². The van der Waals surface area contributed by atoms with E-state index in [0.717, 1.165) is 19.3 Å². The zero-order valence-corrected chi connectivity index (χ0v) is 12.2. The summed E-state index contributed by atoms with van der Waals surface area (Å²) in [5.41, 5.74) is -0.697. The van der Waals surface area contributed by atoms with Gasteiger partial charge in [0, 0.05) is 27.3 Å². The molecule has 2 saturated carbocycles. The average Bonchev–Trinajstić information content (AvgIpc) is 2.74. The summed E-state index contributed by atoms with van der Waals surface area (Å²) >= 11 is 0. The smallest absolute Gasteiger partial charge is 0.328 e. The van der Waals surface area contributed by atoms with Crippen molar-refractivity contribution in [1.29, 1.82) is 0 Å². The van der Waals surface area contributed by atoms with Gasteiger partial charge in [-0.25, -0.2) is 0 Å². The van der Waals surface area contributed by atoms with Gasteiger partial charge in [0.25, 0.3) is 0 Å². The van der Waals surface area contributed by atoms with Gasteiger partial charge >= 0.3 is 7.60 Å². The fourth-order valence-corrected chi connectivity index (χ4v) is 4.85. The van der Waals surface area contributed by atoms with E-state index in [4.69, 9.17) is 18.5 Å². The van der Waals surface area contributed by atoms with Crippen LogP contribution in [-0.4, -0.2) is 44.3 Å². The van der Waals surface area contributed by atoms with Crippen molar-refractivity contribution in [3.8, 4) is 0 Å². The molecule has 2 aliphatic carbocycles. The van der Waals surface area contributed by atoms with Crippen LogP contribution < -0.4 is 0 Å². The summed E-state index contributed by atoms with van der Waals surface area (Å²) < 4.78 is 34.6. The Balaban J connectivity index is 1.86. The van der Waals surface area contributed by atoms with Crippen molar-refractivity contribution in [3.63, 3.8) is 0 Å². The lowest BCUT2D eigenvalue weighted by Crippen LogP contribution is -2.44. The van der Waals surface area contributed by atoms with Gasteiger partial charge in [-0.1, -0.05) is 0 Å². The summed E-state index contributed by atoms with van der Waals surface area (Å²) in [5.74, 6) is 0.387. The molecule has 3 aliphatic rings. The van der Waals surface area contributed by atoms with E-state index in [-0.39, 0.29) is 17.8 Å². The first-order chi connectivity index (χ1) is 8.37. The third-order valence-electron chi connectivity index (χ3n) is 4.69. The SMILES string of the molecule is COC12C[C@@H]3C[C@]3(OP(C)(=O)OC)C1O[C@@H](C)C2. The molecule has 1 saturated heterocycles. The third kappa shape index (κ3) is 1.65. The lowest BCUT2D eigenvalue weighted by Gasteiger charge is -2.32. The first-order valence-electron chi connectivity index (χ1n) is 6.42. The molecule has 0 aromatic carbocycles. The zero-order valence-electron chi connectivity index (χ0n) is 11.3. The highest BCUT2D eigenvalue weighted by molar-refractivity contribution is 7.53. The first kappa shape index (κ1) is 13.1. The molecule has 6 atom stereocenters. The van der Waals surface area contributed by atoms with Gasteiger partial charge in [-0.2, -0.15) is 0 Å². The highest BCUT2D eigenvalue weighted by atomic mass is 31.2. The molecule has 5 nitrogen and oxygen atoms in total. The van der Waals surface area contributed by atoms with Gasteiger partial charge < -0.3 is 14.0 Å². The molecule has 0 aromatic rings. The highest BCUT2D eigenvalue weighted by Crippen LogP contribution is 2.71. The van der Waals surface area contributed by atoms with Gasteiger partial charge in [0.1, 0.15) is 11.7 Å². The predicted octanol–water partition coefficient (Wildman–Crippen LogP) is 2.20. The molecule has 104 valence electrons. The minimum absolute atomic E-state index is 0.113. The summed E-state index contributed by atoms with van der Waals surface area (Å²) in [6, 6.07) is 0. The van der Waals surface area contributed by atoms with Crippen LogP contribution in [0.4, 0.5) is 0 Å². The van der Waals surface area contributed by atoms with Crippen LogP contribution in [0.5, 0.6) is 0 Å². The van der Waals surface area contributed by atoms with Crippen molar-refractivity contribution in [1.82, 2.24) is 0 Å². The third-order valence-corrected chi connectivity index (χ3v) is 6.02. The van der Waals surface area contributed by atoms with Gasteiger partial charge in [0.05, 0.1) is 11.7 Å². The summed E-state index contributed by atoms with van der Waals surface area (Å²) in [6.45, 7) is 3.56. The number of hydrogen-bond donors (Lipinski definition) is 0. The number of methoxy groups -OCH3 is 1. The van der Waals surface area contributed by atoms with Gasteiger partial charge in [0.2, 0.25) is 0 Å². The molecular weight excluding hydrogens is 255 g/mol. The van der Waals surface area contributed by atoms with Crippen molar-refractivity contribution < 1.29 is 23.1 Å². The van der Waals surface area contributed by atoms with Crippen molar-refractivity contribution >= 4 is 7.60 Å². The molecule has 0 amide bonds. The molecule has 0 radical (unpaired) electrons. The van der Waals surface area contributed by atoms with Crippen LogP contribution in [0, 0.1) is 5.92 Å². The Kier molecular flexibility index (Phi) is 2.76. The standard InChI is InChI=1S/C12H21O5P/c1-8-5-11(14-2)6-9-7-12(9,10(11)16-8)17-18(4,13)15-3/h8-10H,5-7H2,1-4H3/t8-,9+,10?,11?,12+,18?/m0/s1. The molecule has 0 spiro atoms. The minimum atomic E-state index is -2.99. The molecule has 3 unspecified atom stereocenters. The Hall–Kier alpha value is 0.0700. The van der Waals surface area contributed by atoms with Crippen molar-refractivity contribution in [2.24, 2.45) is 5.92 Å². The first-order valence-corrected chi connectivity index (χ1v) is 8.41. The monoisotopic (exact) mass is 276 g/mol. The Morgan fingerprint density at radius 1 is 1.28 bits per heavy atom. The van der Waals surface area contributed by atoms with E-state index in [1.807, 2.05) is 6.92 Å². The highest BCUT2D eigenvalue weighted by Gasteiger charge is 2.77. The molecule has 1 heterocycles. The second-order valence-electron chi connectivity index (χ2n) is 5.91. The number of fused-ring (bicyclic) bond motifs is 3. The Morgan fingerprint density at radius 3 is 2.61 bits per heavy atom. The van der Waals surface area contributed by atoms with Crippen LogP contribution in [-0.2, 0) is 23.1 Å². The van der Waals surface area contributed by atoms with E-state index in [1.165, 1.54) is 13.8 Å². The zero-order chi connectivity index (χ0) is 13.2. The summed E-state index contributed by atoms with van der Waals surface area (Å²) in [6.07, 6.45) is 2.77. The Morgan fingerprint density at radius 2 is 2.00 bits per heavy atom. The van der Waals surface area contributed by atoms with Crippen LogP contribution in [0.1, 0.15) is 26.2 Å². The maximum Gasteiger partial charge on any atom is 0.328 e. The number of ether oxygens (including phenoxy) is 2. The van der Waals surface area contributed by atoms with E-state index >= 15 is 0 Å². The van der Waals surface area contributed by atoms with Crippen LogP contribution in [0.2, 0.25) is 0 Å². The summed E-state index contributed by atoms with van der Waals surface area (Å²) in [5, 5.41) is 0. The summed E-state index contributed by atoms with van der Waals surface area (Å²) in [4.78, 5) is 0. The fraction of sp³-hybridized carbons (Fsp3) is 1.00. The molecule has 3 rings (SSSR count). The van der Waals surface area contributed by atoms with Gasteiger partial charge in [-0.3, -0.25) is 9.09 Å². The Bertz CT molecular complexity index is 413. The van der Waals surface area contributed by atoms with Crippen LogP contribution in [0.15, 0.2) is 0 Å². The fourth-order valence-electron chi connectivity index (χ4n) is 3.84. The van der Waals surface area contributed by atoms with Crippen LogP contribution in [0.3, 0.4) is 0 Å². The second-order valence-corrected chi connectivity index (χ2v) is 8.00. The largest absolute Gasteiger partial charge is 0.375 e. The van der Waals surface area contributed by atoms with E-state index in [0.29, 0.717) is 5.92 Å². The lowest BCUT2D eigenvalue weighted by molar-refractivity contribution is -0.103. The molecule has 1 aliphatic heterocycles. The minimum Gasteiger partial charge on any atom is -0.375 e. The van der Waals surface area contributed by atoms with Gasteiger partial charge in [-0.15, -0.1) is 0 Å². The van der Waals surface area contributed by atoms with Gasteiger partial charge in [0.15, 0.2) is 0 Å². The normalized spacial score (nSPS) is 52.8. The molecule has 18 heavy (non-hydrogen) atoms. The quantitative estimate of drug-likeness (QED) is 0.737. The van der Waals surface area contributed by atoms with E-state index in [9.17, 15) is 4.57 Å². The molecular formula is C12H21O5P. The lowest BCUT2D eigenvalue weighted by atomic mass is 9.91. The maximum atomic E-state index is 12.1. The van der Waals surface area contributed by atoms with E-state index in [1.54, 1.807) is 7.11 Å². The van der Waals surface area contributed by atoms with E-state index in [2.05, 4.69) is 0 Å². The molecule has 0 bridgehead atoms. The molecule has 0 aromatic heterocycles. The van der Waals surface area contributed by atoms with Crippen molar-refractivity contribution in [2.75, 3.05) is 20.9 Å². The molecule has 6 heteroatoms. The number of hydrogen-bond acceptors (Lipinski definition) is 5. The summed E-state index contributed by atoms with van der Waals surface area (Å²) in [7, 11) is 0.162. The molecule has 3 fully saturated rings. The predicted molar refractivity (Wildman–Crippen MR) is 65.8 cm³/mol. The molecule has 0 N–H and O–H groups in total. The van der Waals surface area contributed by atoms with E-state index < -0.39 is 13.2 Å². The van der Waals surface area contributed by atoms with Crippen molar-refractivity contribution in [3.05, 3.63) is 0 Å². The second kappa shape index (κ2) is 3.80. The number of rotatable bonds is 4. The van der Waals surface area contributed by atoms with Crippen LogP contribution >= 0.6 is 7.60 Å². The van der Waals surface area contributed by atoms with Gasteiger partial charge in [-0.05, 0) is 25.7 Å². The van der Waals surface area contributed by atoms with Crippen molar-refractivity contribution in [2.45, 2.75) is 49.6 Å². The van der Waals surface area contributed by atoms with Crippen LogP contribution in [0.25, 0.3) is 0 Å². The average molecular weight is 276 g/mol.